The lowest BCUT2D eigenvalue weighted by atomic mass is 10.1. The number of carbonyl (C=O) groups excluding carboxylic acids is 1. The summed E-state index contributed by atoms with van der Waals surface area (Å²) in [7, 11) is 4.80. The van der Waals surface area contributed by atoms with E-state index in [1.54, 1.807) is 14.2 Å². The third-order valence-electron chi connectivity index (χ3n) is 4.96. The highest BCUT2D eigenvalue weighted by atomic mass is 16.5. The molecule has 158 valence electrons. The van der Waals surface area contributed by atoms with Crippen molar-refractivity contribution in [3.8, 4) is 11.5 Å². The fraction of sp³-hybridized carbons (Fsp3) is 0.167. The highest BCUT2D eigenvalue weighted by Gasteiger charge is 2.12. The number of anilines is 2. The van der Waals surface area contributed by atoms with Gasteiger partial charge in [-0.3, -0.25) is 0 Å². The van der Waals surface area contributed by atoms with Crippen molar-refractivity contribution in [2.24, 2.45) is 0 Å². The molecule has 0 atom stereocenters. The van der Waals surface area contributed by atoms with Crippen LogP contribution in [0.2, 0.25) is 0 Å². The number of aromatic nitrogens is 1. The predicted molar refractivity (Wildman–Crippen MR) is 121 cm³/mol. The fourth-order valence-electron chi connectivity index (χ4n) is 3.40. The number of nitrogens with one attached hydrogen (secondary N) is 2. The number of nitrogens with zero attached hydrogens (tertiary/aromatic N) is 1. The SMILES string of the molecule is CNC(=O)OCc1cccc(Nc2c3ccc(OC)cc3nc3cc(OC)ccc23)c1. The van der Waals surface area contributed by atoms with E-state index >= 15 is 0 Å². The van der Waals surface area contributed by atoms with E-state index in [9.17, 15) is 4.79 Å². The highest BCUT2D eigenvalue weighted by Crippen LogP contribution is 2.36. The highest BCUT2D eigenvalue weighted by molar-refractivity contribution is 6.09. The second kappa shape index (κ2) is 8.79. The monoisotopic (exact) mass is 417 g/mol. The lowest BCUT2D eigenvalue weighted by Gasteiger charge is -2.15. The Morgan fingerprint density at radius 3 is 2.13 bits per heavy atom. The van der Waals surface area contributed by atoms with Crippen molar-refractivity contribution in [2.45, 2.75) is 6.61 Å². The number of rotatable bonds is 6. The number of ether oxygens (including phenoxy) is 3. The van der Waals surface area contributed by atoms with Gasteiger partial charge < -0.3 is 24.8 Å². The minimum Gasteiger partial charge on any atom is -0.497 e. The molecule has 0 fully saturated rings. The van der Waals surface area contributed by atoms with Crippen LogP contribution in [0.1, 0.15) is 5.56 Å². The fourth-order valence-corrected chi connectivity index (χ4v) is 3.40. The van der Waals surface area contributed by atoms with Crippen molar-refractivity contribution in [3.05, 3.63) is 66.2 Å². The molecule has 7 heteroatoms. The molecule has 4 aromatic rings. The van der Waals surface area contributed by atoms with Gasteiger partial charge in [-0.2, -0.15) is 0 Å². The van der Waals surface area contributed by atoms with Crippen LogP contribution in [-0.4, -0.2) is 32.3 Å². The van der Waals surface area contributed by atoms with E-state index in [0.717, 1.165) is 50.2 Å². The average Bonchev–Trinajstić information content (AvgIpc) is 2.81. The van der Waals surface area contributed by atoms with Crippen LogP contribution in [-0.2, 0) is 11.3 Å². The molecular weight excluding hydrogens is 394 g/mol. The summed E-state index contributed by atoms with van der Waals surface area (Å²) in [6.07, 6.45) is -0.465. The van der Waals surface area contributed by atoms with E-state index in [1.807, 2.05) is 60.7 Å². The number of alkyl carbamates (subject to hydrolysis) is 1. The minimum absolute atomic E-state index is 0.182. The molecule has 0 unspecified atom stereocenters. The van der Waals surface area contributed by atoms with Gasteiger partial charge in [0.15, 0.2) is 0 Å². The first-order valence-corrected chi connectivity index (χ1v) is 9.77. The number of fused-ring (bicyclic) bond motifs is 2. The Labute approximate surface area is 179 Å². The van der Waals surface area contributed by atoms with Crippen LogP contribution >= 0.6 is 0 Å². The molecule has 3 aromatic carbocycles. The molecule has 0 spiro atoms. The molecule has 4 rings (SSSR count). The molecule has 0 aliphatic heterocycles. The largest absolute Gasteiger partial charge is 0.497 e. The Morgan fingerprint density at radius 2 is 1.55 bits per heavy atom. The summed E-state index contributed by atoms with van der Waals surface area (Å²) in [5, 5.41) is 7.90. The minimum atomic E-state index is -0.465. The summed E-state index contributed by atoms with van der Waals surface area (Å²) >= 11 is 0. The van der Waals surface area contributed by atoms with E-state index in [4.69, 9.17) is 19.2 Å². The molecule has 7 nitrogen and oxygen atoms in total. The average molecular weight is 417 g/mol. The van der Waals surface area contributed by atoms with Crippen LogP contribution < -0.4 is 20.1 Å². The smallest absolute Gasteiger partial charge is 0.407 e. The molecule has 0 aliphatic rings. The first kappa shape index (κ1) is 20.3. The lowest BCUT2D eigenvalue weighted by molar-refractivity contribution is 0.142. The molecule has 0 saturated carbocycles. The molecule has 0 bridgehead atoms. The van der Waals surface area contributed by atoms with Crippen LogP contribution in [0.5, 0.6) is 11.5 Å². The predicted octanol–water partition coefficient (Wildman–Crippen LogP) is 5.00. The number of pyridine rings is 1. The summed E-state index contributed by atoms with van der Waals surface area (Å²) in [6.45, 7) is 0.182. The Hall–Kier alpha value is -4.00. The Morgan fingerprint density at radius 1 is 0.903 bits per heavy atom. The van der Waals surface area contributed by atoms with E-state index in [2.05, 4.69) is 10.6 Å². The standard InChI is InChI=1S/C24H23N3O4/c1-25-24(28)31-14-15-5-4-6-16(11-15)26-23-19-9-7-17(29-2)12-21(19)27-22-13-18(30-3)8-10-20(22)23/h4-13H,14H2,1-3H3,(H,25,28)(H,26,27). The van der Waals surface area contributed by atoms with Gasteiger partial charge in [-0.15, -0.1) is 0 Å². The van der Waals surface area contributed by atoms with E-state index in [1.165, 1.54) is 7.05 Å². The van der Waals surface area contributed by atoms with Crippen LogP contribution in [0, 0.1) is 0 Å². The normalized spacial score (nSPS) is 10.7. The lowest BCUT2D eigenvalue weighted by Crippen LogP contribution is -2.18. The second-order valence-electron chi connectivity index (χ2n) is 6.90. The quantitative estimate of drug-likeness (QED) is 0.430. The summed E-state index contributed by atoms with van der Waals surface area (Å²) < 4.78 is 15.9. The summed E-state index contributed by atoms with van der Waals surface area (Å²) in [6, 6.07) is 19.4. The molecule has 0 radical (unpaired) electrons. The van der Waals surface area contributed by atoms with Gasteiger partial charge in [0.25, 0.3) is 0 Å². The van der Waals surface area contributed by atoms with Gasteiger partial charge in [0.05, 0.1) is 30.9 Å². The van der Waals surface area contributed by atoms with Crippen molar-refractivity contribution in [1.82, 2.24) is 10.3 Å². The molecular formula is C24H23N3O4. The van der Waals surface area contributed by atoms with Crippen molar-refractivity contribution < 1.29 is 19.0 Å². The maximum absolute atomic E-state index is 11.4. The van der Waals surface area contributed by atoms with Crippen LogP contribution in [0.4, 0.5) is 16.2 Å². The Bertz CT molecular complexity index is 1190. The number of carbonyl (C=O) groups is 1. The van der Waals surface area contributed by atoms with E-state index in [-0.39, 0.29) is 6.61 Å². The van der Waals surface area contributed by atoms with Crippen LogP contribution in [0.3, 0.4) is 0 Å². The first-order valence-electron chi connectivity index (χ1n) is 9.77. The molecule has 1 heterocycles. The van der Waals surface area contributed by atoms with Gasteiger partial charge in [-0.1, -0.05) is 12.1 Å². The number of methoxy groups -OCH3 is 2. The van der Waals surface area contributed by atoms with Gasteiger partial charge in [0.2, 0.25) is 0 Å². The summed E-state index contributed by atoms with van der Waals surface area (Å²) in [4.78, 5) is 16.2. The van der Waals surface area contributed by atoms with Gasteiger partial charge in [0, 0.05) is 35.6 Å². The van der Waals surface area contributed by atoms with E-state index in [0.29, 0.717) is 0 Å². The third-order valence-corrected chi connectivity index (χ3v) is 4.96. The topological polar surface area (TPSA) is 81.7 Å². The van der Waals surface area contributed by atoms with Crippen molar-refractivity contribution >= 4 is 39.3 Å². The van der Waals surface area contributed by atoms with Gasteiger partial charge >= 0.3 is 6.09 Å². The zero-order chi connectivity index (χ0) is 21.8. The Kier molecular flexibility index (Phi) is 5.75. The van der Waals surface area contributed by atoms with Crippen LogP contribution in [0.25, 0.3) is 21.8 Å². The first-order chi connectivity index (χ1) is 15.1. The van der Waals surface area contributed by atoms with Crippen molar-refractivity contribution in [1.29, 1.82) is 0 Å². The van der Waals surface area contributed by atoms with Gasteiger partial charge in [-0.05, 0) is 42.0 Å². The van der Waals surface area contributed by atoms with E-state index < -0.39 is 6.09 Å². The Balaban J connectivity index is 1.79. The second-order valence-corrected chi connectivity index (χ2v) is 6.90. The molecule has 1 amide bonds. The van der Waals surface area contributed by atoms with Gasteiger partial charge in [0.1, 0.15) is 18.1 Å². The number of benzene rings is 3. The maximum Gasteiger partial charge on any atom is 0.407 e. The number of amides is 1. The third kappa shape index (κ3) is 4.30. The maximum atomic E-state index is 11.4. The molecule has 0 saturated heterocycles. The van der Waals surface area contributed by atoms with Crippen molar-refractivity contribution in [2.75, 3.05) is 26.6 Å². The molecule has 2 N–H and O–H groups in total. The van der Waals surface area contributed by atoms with Crippen molar-refractivity contribution in [3.63, 3.8) is 0 Å². The molecule has 1 aromatic heterocycles. The number of hydrogen-bond donors (Lipinski definition) is 2. The summed E-state index contributed by atoms with van der Waals surface area (Å²) in [5.74, 6) is 1.48. The summed E-state index contributed by atoms with van der Waals surface area (Å²) in [5.41, 5.74) is 4.29. The molecule has 31 heavy (non-hydrogen) atoms. The van der Waals surface area contributed by atoms with Crippen LogP contribution in [0.15, 0.2) is 60.7 Å². The number of hydrogen-bond acceptors (Lipinski definition) is 6. The van der Waals surface area contributed by atoms with Gasteiger partial charge in [-0.25, -0.2) is 9.78 Å². The zero-order valence-electron chi connectivity index (χ0n) is 17.6. The molecule has 0 aliphatic carbocycles. The zero-order valence-corrected chi connectivity index (χ0v) is 17.6.